The lowest BCUT2D eigenvalue weighted by atomic mass is 10.3. The number of rotatable bonds is 4. The molecule has 4 N–H and O–H groups in total. The molecule has 94 valence electrons. The second kappa shape index (κ2) is 4.21. The molecule has 1 aliphatic carbocycles. The normalized spacial score (nSPS) is 14.7. The fourth-order valence-electron chi connectivity index (χ4n) is 1.98. The molecule has 0 aliphatic heterocycles. The Hall–Kier alpha value is -2.24. The van der Waals surface area contributed by atoms with Crippen molar-refractivity contribution in [2.45, 2.75) is 25.4 Å². The maximum Gasteiger partial charge on any atom is 0.268 e. The maximum atomic E-state index is 12.1. The number of hydrogen-bond donors (Lipinski definition) is 3. The Kier molecular flexibility index (Phi) is 2.55. The summed E-state index contributed by atoms with van der Waals surface area (Å²) in [6, 6.07) is 2.17. The van der Waals surface area contributed by atoms with Gasteiger partial charge in [0.05, 0.1) is 11.9 Å². The van der Waals surface area contributed by atoms with E-state index in [1.165, 1.54) is 0 Å². The van der Waals surface area contributed by atoms with E-state index < -0.39 is 0 Å². The summed E-state index contributed by atoms with van der Waals surface area (Å²) in [7, 11) is 0. The van der Waals surface area contributed by atoms with E-state index in [1.807, 2.05) is 10.8 Å². The van der Waals surface area contributed by atoms with Crippen LogP contribution in [0.25, 0.3) is 0 Å². The first-order chi connectivity index (χ1) is 8.74. The Morgan fingerprint density at radius 1 is 1.61 bits per heavy atom. The van der Waals surface area contributed by atoms with Gasteiger partial charge in [-0.2, -0.15) is 5.10 Å². The fourth-order valence-corrected chi connectivity index (χ4v) is 1.98. The summed E-state index contributed by atoms with van der Waals surface area (Å²) >= 11 is 0. The van der Waals surface area contributed by atoms with Crippen molar-refractivity contribution < 1.29 is 4.79 Å². The fraction of sp³-hybridized carbons (Fsp3) is 0.333. The molecule has 1 saturated carbocycles. The molecule has 1 amide bonds. The number of hydrogen-bond acceptors (Lipinski definition) is 3. The number of amides is 1. The van der Waals surface area contributed by atoms with E-state index in [4.69, 9.17) is 5.73 Å². The van der Waals surface area contributed by atoms with Crippen LogP contribution in [0.15, 0.2) is 24.7 Å². The number of nitrogens with zero attached hydrogens (tertiary/aromatic N) is 2. The van der Waals surface area contributed by atoms with Gasteiger partial charge in [0.2, 0.25) is 0 Å². The van der Waals surface area contributed by atoms with E-state index >= 15 is 0 Å². The highest BCUT2D eigenvalue weighted by atomic mass is 16.1. The van der Waals surface area contributed by atoms with Crippen molar-refractivity contribution in [3.8, 4) is 0 Å². The largest absolute Gasteiger partial charge is 0.397 e. The van der Waals surface area contributed by atoms with Crippen LogP contribution >= 0.6 is 0 Å². The quantitative estimate of drug-likeness (QED) is 0.752. The van der Waals surface area contributed by atoms with Crippen LogP contribution in [-0.4, -0.2) is 20.7 Å². The minimum atomic E-state index is -0.0974. The van der Waals surface area contributed by atoms with E-state index in [2.05, 4.69) is 15.5 Å². The van der Waals surface area contributed by atoms with E-state index in [9.17, 15) is 4.79 Å². The summed E-state index contributed by atoms with van der Waals surface area (Å²) in [4.78, 5) is 12.1. The summed E-state index contributed by atoms with van der Waals surface area (Å²) in [5.74, 6) is -0.0974. The molecule has 6 nitrogen and oxygen atoms in total. The average molecular weight is 245 g/mol. The van der Waals surface area contributed by atoms with Gasteiger partial charge >= 0.3 is 0 Å². The van der Waals surface area contributed by atoms with Gasteiger partial charge in [0.25, 0.3) is 5.91 Å². The average Bonchev–Trinajstić information content (AvgIpc) is 2.92. The van der Waals surface area contributed by atoms with Gasteiger partial charge in [-0.05, 0) is 18.9 Å². The van der Waals surface area contributed by atoms with Gasteiger partial charge in [0.15, 0.2) is 0 Å². The SMILES string of the molecule is Nc1cc(C(=O)NCc2cn[nH]c2)n(C2CC2)c1. The number of H-pyrrole nitrogens is 1. The van der Waals surface area contributed by atoms with Crippen molar-refractivity contribution in [2.75, 3.05) is 5.73 Å². The Labute approximate surface area is 104 Å². The Bertz CT molecular complexity index is 553. The first-order valence-corrected chi connectivity index (χ1v) is 5.97. The molecule has 0 unspecified atom stereocenters. The molecule has 0 saturated heterocycles. The second-order valence-electron chi connectivity index (χ2n) is 4.59. The number of anilines is 1. The molecule has 1 aliphatic rings. The maximum absolute atomic E-state index is 12.1. The molecule has 2 heterocycles. The molecule has 0 spiro atoms. The number of aromatic nitrogens is 3. The van der Waals surface area contributed by atoms with Crippen molar-refractivity contribution in [3.63, 3.8) is 0 Å². The second-order valence-corrected chi connectivity index (χ2v) is 4.59. The predicted octanol–water partition coefficient (Wildman–Crippen LogP) is 1.06. The predicted molar refractivity (Wildman–Crippen MR) is 66.9 cm³/mol. The zero-order valence-corrected chi connectivity index (χ0v) is 9.89. The van der Waals surface area contributed by atoms with Gasteiger partial charge < -0.3 is 15.6 Å². The zero-order chi connectivity index (χ0) is 12.5. The molecule has 0 atom stereocenters. The number of nitrogens with one attached hydrogen (secondary N) is 2. The molecule has 2 aromatic heterocycles. The molecule has 6 heteroatoms. The molecular formula is C12H15N5O. The smallest absolute Gasteiger partial charge is 0.268 e. The number of carbonyl (C=O) groups excluding carboxylic acids is 1. The van der Waals surface area contributed by atoms with E-state index in [0.29, 0.717) is 24.0 Å². The van der Waals surface area contributed by atoms with Crippen molar-refractivity contribution in [2.24, 2.45) is 0 Å². The van der Waals surface area contributed by atoms with Crippen LogP contribution < -0.4 is 11.1 Å². The van der Waals surface area contributed by atoms with E-state index in [-0.39, 0.29) is 5.91 Å². The van der Waals surface area contributed by atoms with Crippen molar-refractivity contribution in [1.82, 2.24) is 20.1 Å². The monoisotopic (exact) mass is 245 g/mol. The highest BCUT2D eigenvalue weighted by Gasteiger charge is 2.27. The number of aromatic amines is 1. The van der Waals surface area contributed by atoms with E-state index in [0.717, 1.165) is 18.4 Å². The molecule has 0 aromatic carbocycles. The Morgan fingerprint density at radius 2 is 2.44 bits per heavy atom. The van der Waals surface area contributed by atoms with Crippen LogP contribution in [0, 0.1) is 0 Å². The molecule has 18 heavy (non-hydrogen) atoms. The van der Waals surface area contributed by atoms with Gasteiger partial charge in [0.1, 0.15) is 5.69 Å². The topological polar surface area (TPSA) is 88.7 Å². The lowest BCUT2D eigenvalue weighted by Crippen LogP contribution is -2.25. The zero-order valence-electron chi connectivity index (χ0n) is 9.89. The van der Waals surface area contributed by atoms with Crippen molar-refractivity contribution in [1.29, 1.82) is 0 Å². The van der Waals surface area contributed by atoms with Crippen molar-refractivity contribution in [3.05, 3.63) is 35.9 Å². The third-order valence-corrected chi connectivity index (χ3v) is 3.05. The van der Waals surface area contributed by atoms with Crippen LogP contribution in [0.3, 0.4) is 0 Å². The Morgan fingerprint density at radius 3 is 3.11 bits per heavy atom. The molecule has 3 rings (SSSR count). The van der Waals surface area contributed by atoms with Crippen LogP contribution in [0.4, 0.5) is 5.69 Å². The third-order valence-electron chi connectivity index (χ3n) is 3.05. The van der Waals surface area contributed by atoms with Crippen LogP contribution in [0.2, 0.25) is 0 Å². The molecule has 1 fully saturated rings. The summed E-state index contributed by atoms with van der Waals surface area (Å²) in [6.45, 7) is 0.463. The van der Waals surface area contributed by atoms with E-state index in [1.54, 1.807) is 18.5 Å². The minimum Gasteiger partial charge on any atom is -0.397 e. The summed E-state index contributed by atoms with van der Waals surface area (Å²) < 4.78 is 1.97. The van der Waals surface area contributed by atoms with Crippen LogP contribution in [0.5, 0.6) is 0 Å². The molecule has 0 bridgehead atoms. The van der Waals surface area contributed by atoms with Crippen molar-refractivity contribution >= 4 is 11.6 Å². The van der Waals surface area contributed by atoms with Crippen LogP contribution in [0.1, 0.15) is 34.9 Å². The lowest BCUT2D eigenvalue weighted by Gasteiger charge is -2.07. The third kappa shape index (κ3) is 2.09. The summed E-state index contributed by atoms with van der Waals surface area (Å²) in [5.41, 5.74) is 7.98. The van der Waals surface area contributed by atoms with Gasteiger partial charge in [-0.1, -0.05) is 0 Å². The number of carbonyl (C=O) groups is 1. The molecular weight excluding hydrogens is 230 g/mol. The standard InChI is InChI=1S/C12H15N5O/c13-9-3-11(17(7-9)10-1-2-10)12(18)14-4-8-5-15-16-6-8/h3,5-7,10H,1-2,4,13H2,(H,14,18)(H,15,16). The summed E-state index contributed by atoms with van der Waals surface area (Å²) in [6.07, 6.45) is 7.53. The number of nitrogen functional groups attached to an aromatic ring is 1. The Balaban J connectivity index is 1.71. The molecule has 2 aromatic rings. The highest BCUT2D eigenvalue weighted by molar-refractivity contribution is 5.93. The molecule has 0 radical (unpaired) electrons. The lowest BCUT2D eigenvalue weighted by molar-refractivity contribution is 0.0941. The van der Waals surface area contributed by atoms with Gasteiger partial charge in [-0.25, -0.2) is 0 Å². The van der Waals surface area contributed by atoms with Gasteiger partial charge in [-0.15, -0.1) is 0 Å². The summed E-state index contributed by atoms with van der Waals surface area (Å²) in [5, 5.41) is 9.40. The van der Waals surface area contributed by atoms with Crippen LogP contribution in [-0.2, 0) is 6.54 Å². The van der Waals surface area contributed by atoms with Gasteiger partial charge in [-0.3, -0.25) is 9.89 Å². The number of nitrogens with two attached hydrogens (primary N) is 1. The van der Waals surface area contributed by atoms with Gasteiger partial charge in [0, 0.05) is 30.5 Å². The first-order valence-electron chi connectivity index (χ1n) is 5.97. The highest BCUT2D eigenvalue weighted by Crippen LogP contribution is 2.37. The minimum absolute atomic E-state index is 0.0974. The first kappa shape index (κ1) is 10.9.